The van der Waals surface area contributed by atoms with E-state index < -0.39 is 0 Å². The van der Waals surface area contributed by atoms with Crippen LogP contribution in [-0.2, 0) is 5.41 Å². The summed E-state index contributed by atoms with van der Waals surface area (Å²) >= 11 is 0. The van der Waals surface area contributed by atoms with Crippen molar-refractivity contribution < 1.29 is 0 Å². The van der Waals surface area contributed by atoms with Crippen molar-refractivity contribution in [1.82, 2.24) is 4.57 Å². The molecule has 2 heteroatoms. The van der Waals surface area contributed by atoms with E-state index in [9.17, 15) is 0 Å². The first kappa shape index (κ1) is 22.5. The van der Waals surface area contributed by atoms with E-state index in [2.05, 4.69) is 144 Å². The predicted octanol–water partition coefficient (Wildman–Crippen LogP) is 9.36. The summed E-state index contributed by atoms with van der Waals surface area (Å²) < 4.78 is 2.44. The Kier molecular flexibility index (Phi) is 4.97. The van der Waals surface area contributed by atoms with E-state index >= 15 is 0 Å². The molecule has 0 radical (unpaired) electrons. The Labute approximate surface area is 221 Å². The molecule has 1 nitrogen and oxygen atoms in total. The number of fused-ring (bicyclic) bond motifs is 7. The zero-order chi connectivity index (χ0) is 25.3. The molecule has 180 valence electrons. The molecule has 5 aromatic carbocycles. The normalized spacial score (nSPS) is 14.6. The van der Waals surface area contributed by atoms with E-state index in [1.54, 1.807) is 0 Å². The molecule has 0 N–H and O–H groups in total. The maximum absolute atomic E-state index is 3.08. The van der Waals surface area contributed by atoms with Gasteiger partial charge in [0.2, 0.25) is 0 Å². The first-order chi connectivity index (χ1) is 17.9. The average molecular weight is 496 g/mol. The highest BCUT2D eigenvalue weighted by Gasteiger charge is 2.37. The van der Waals surface area contributed by atoms with Crippen molar-refractivity contribution in [2.24, 2.45) is 0 Å². The number of benzene rings is 5. The van der Waals surface area contributed by atoms with E-state index in [0.29, 0.717) is 0 Å². The van der Waals surface area contributed by atoms with Gasteiger partial charge in [-0.15, -0.1) is 9.24 Å². The van der Waals surface area contributed by atoms with Crippen molar-refractivity contribution in [3.05, 3.63) is 137 Å². The van der Waals surface area contributed by atoms with Gasteiger partial charge in [-0.3, -0.25) is 0 Å². The highest BCUT2D eigenvalue weighted by atomic mass is 31.0. The highest BCUT2D eigenvalue weighted by molar-refractivity contribution is 7.17. The summed E-state index contributed by atoms with van der Waals surface area (Å²) in [6.07, 6.45) is 0. The Hall–Kier alpha value is -3.67. The Morgan fingerprint density at radius 2 is 1.35 bits per heavy atom. The van der Waals surface area contributed by atoms with E-state index in [1.165, 1.54) is 66.4 Å². The fourth-order valence-electron chi connectivity index (χ4n) is 6.34. The van der Waals surface area contributed by atoms with Gasteiger partial charge in [-0.05, 0) is 70.6 Å². The van der Waals surface area contributed by atoms with Crippen LogP contribution in [0, 0.1) is 6.92 Å². The number of aryl methyl sites for hydroxylation is 1. The fraction of sp³-hybridized carbons (Fsp3) is 0.143. The molecule has 0 amide bonds. The molecule has 0 saturated heterocycles. The third kappa shape index (κ3) is 3.27. The van der Waals surface area contributed by atoms with Gasteiger partial charge in [0.25, 0.3) is 0 Å². The molecule has 0 spiro atoms. The SMILES string of the molecule is Cc1ccc([C@H](P)c2ccc3c(c2)c2c4c(ccc2n3-c2ccccc2)C(C)(C)c2ccccc2-4)cc1. The summed E-state index contributed by atoms with van der Waals surface area (Å²) in [5.41, 5.74) is 13.4. The van der Waals surface area contributed by atoms with Gasteiger partial charge in [0.1, 0.15) is 0 Å². The largest absolute Gasteiger partial charge is 0.309 e. The summed E-state index contributed by atoms with van der Waals surface area (Å²) in [4.78, 5) is 0. The Morgan fingerprint density at radius 1 is 0.676 bits per heavy atom. The molecule has 1 heterocycles. The Morgan fingerprint density at radius 3 is 2.14 bits per heavy atom. The lowest BCUT2D eigenvalue weighted by molar-refractivity contribution is 0.661. The molecule has 0 aliphatic heterocycles. The van der Waals surface area contributed by atoms with E-state index in [-0.39, 0.29) is 11.1 Å². The van der Waals surface area contributed by atoms with Crippen LogP contribution in [0.25, 0.3) is 38.6 Å². The molecule has 0 bridgehead atoms. The second-order valence-electron chi connectivity index (χ2n) is 10.9. The minimum Gasteiger partial charge on any atom is -0.309 e. The van der Waals surface area contributed by atoms with Gasteiger partial charge in [0.05, 0.1) is 11.0 Å². The van der Waals surface area contributed by atoms with Gasteiger partial charge in [-0.1, -0.05) is 98.3 Å². The van der Waals surface area contributed by atoms with E-state index in [4.69, 9.17) is 0 Å². The van der Waals surface area contributed by atoms with Crippen LogP contribution >= 0.6 is 9.24 Å². The number of nitrogens with zero attached hydrogens (tertiary/aromatic N) is 1. The molecule has 2 atom stereocenters. The quantitative estimate of drug-likeness (QED) is 0.216. The third-order valence-electron chi connectivity index (χ3n) is 8.31. The van der Waals surface area contributed by atoms with Gasteiger partial charge >= 0.3 is 0 Å². The minimum atomic E-state index is -0.0239. The van der Waals surface area contributed by atoms with Gasteiger partial charge in [-0.2, -0.15) is 0 Å². The number of aromatic nitrogens is 1. The van der Waals surface area contributed by atoms with Crippen molar-refractivity contribution in [3.8, 4) is 16.8 Å². The fourth-order valence-corrected chi connectivity index (χ4v) is 6.77. The molecule has 37 heavy (non-hydrogen) atoms. The van der Waals surface area contributed by atoms with Crippen molar-refractivity contribution in [1.29, 1.82) is 0 Å². The Balaban J connectivity index is 1.58. The standard InChI is InChI=1S/C35H30NP/c1-22-13-15-23(16-14-22)34(37)24-17-19-30-27(21-24)33-31(36(30)25-9-5-4-6-10-25)20-18-29-32(33)26-11-7-8-12-28(26)35(29,2)3/h4-21,34H,37H2,1-3H3/t34-/m0/s1. The number of rotatable bonds is 3. The van der Waals surface area contributed by atoms with Crippen molar-refractivity contribution in [2.75, 3.05) is 0 Å². The lowest BCUT2D eigenvalue weighted by Crippen LogP contribution is -2.14. The summed E-state index contributed by atoms with van der Waals surface area (Å²) in [6, 6.07) is 40.4. The molecule has 1 aliphatic rings. The molecule has 0 fully saturated rings. The number of hydrogen-bond acceptors (Lipinski definition) is 0. The summed E-state index contributed by atoms with van der Waals surface area (Å²) in [5.74, 6) is 0. The van der Waals surface area contributed by atoms with Crippen LogP contribution in [-0.4, -0.2) is 4.57 Å². The van der Waals surface area contributed by atoms with E-state index in [0.717, 1.165) is 0 Å². The van der Waals surface area contributed by atoms with Crippen LogP contribution in [0.3, 0.4) is 0 Å². The van der Waals surface area contributed by atoms with Crippen LogP contribution in [0.15, 0.2) is 109 Å². The smallest absolute Gasteiger partial charge is 0.0547 e. The van der Waals surface area contributed by atoms with Gasteiger partial charge in [-0.25, -0.2) is 0 Å². The number of hydrogen-bond donors (Lipinski definition) is 0. The van der Waals surface area contributed by atoms with Crippen LogP contribution in [0.5, 0.6) is 0 Å². The minimum absolute atomic E-state index is 0.0239. The molecule has 6 aromatic rings. The first-order valence-corrected chi connectivity index (χ1v) is 13.7. The molecular formula is C35H30NP. The predicted molar refractivity (Wildman–Crippen MR) is 161 cm³/mol. The topological polar surface area (TPSA) is 4.93 Å². The molecule has 0 saturated carbocycles. The van der Waals surface area contributed by atoms with Gasteiger partial charge in [0, 0.05) is 27.5 Å². The summed E-state index contributed by atoms with van der Waals surface area (Å²) in [7, 11) is 3.08. The van der Waals surface area contributed by atoms with Gasteiger partial charge in [0.15, 0.2) is 0 Å². The maximum Gasteiger partial charge on any atom is 0.0547 e. The monoisotopic (exact) mass is 495 g/mol. The summed E-state index contributed by atoms with van der Waals surface area (Å²) in [6.45, 7) is 6.87. The number of para-hydroxylation sites is 1. The molecule has 1 unspecified atom stereocenters. The van der Waals surface area contributed by atoms with Crippen LogP contribution in [0.2, 0.25) is 0 Å². The van der Waals surface area contributed by atoms with Crippen molar-refractivity contribution in [3.63, 3.8) is 0 Å². The zero-order valence-electron chi connectivity index (χ0n) is 21.5. The molecule has 7 rings (SSSR count). The maximum atomic E-state index is 3.08. The van der Waals surface area contributed by atoms with Crippen molar-refractivity contribution >= 4 is 31.0 Å². The second kappa shape index (κ2) is 8.17. The third-order valence-corrected chi connectivity index (χ3v) is 9.08. The average Bonchev–Trinajstić information content (AvgIpc) is 3.38. The first-order valence-electron chi connectivity index (χ1n) is 13.0. The lowest BCUT2D eigenvalue weighted by atomic mass is 9.82. The van der Waals surface area contributed by atoms with E-state index in [1.807, 2.05) is 0 Å². The van der Waals surface area contributed by atoms with Gasteiger partial charge < -0.3 is 4.57 Å². The molecular weight excluding hydrogens is 465 g/mol. The summed E-state index contributed by atoms with van der Waals surface area (Å²) in [5, 5.41) is 2.68. The molecule has 1 aliphatic carbocycles. The zero-order valence-corrected chi connectivity index (χ0v) is 22.6. The molecule has 1 aromatic heterocycles. The van der Waals surface area contributed by atoms with Crippen LogP contribution < -0.4 is 0 Å². The van der Waals surface area contributed by atoms with Crippen LogP contribution in [0.1, 0.15) is 47.3 Å². The highest BCUT2D eigenvalue weighted by Crippen LogP contribution is 2.53. The van der Waals surface area contributed by atoms with Crippen LogP contribution in [0.4, 0.5) is 0 Å². The lowest BCUT2D eigenvalue weighted by Gasteiger charge is -2.21. The second-order valence-corrected chi connectivity index (χ2v) is 11.6. The Bertz CT molecular complexity index is 1810. The van der Waals surface area contributed by atoms with Crippen molar-refractivity contribution in [2.45, 2.75) is 31.8 Å².